The van der Waals surface area contributed by atoms with E-state index in [4.69, 9.17) is 21.1 Å². The summed E-state index contributed by atoms with van der Waals surface area (Å²) in [6.07, 6.45) is 2.45. The lowest BCUT2D eigenvalue weighted by Crippen LogP contribution is -2.34. The Balaban J connectivity index is 2.18. The molecule has 0 spiro atoms. The summed E-state index contributed by atoms with van der Waals surface area (Å²) in [7, 11) is 1.61. The summed E-state index contributed by atoms with van der Waals surface area (Å²) in [5.41, 5.74) is -0.732. The Kier molecular flexibility index (Phi) is 6.24. The molecule has 162 valence electrons. The van der Waals surface area contributed by atoms with Gasteiger partial charge in [0.05, 0.1) is 17.3 Å². The van der Waals surface area contributed by atoms with Gasteiger partial charge in [0.25, 0.3) is 0 Å². The number of methoxy groups -OCH3 is 1. The van der Waals surface area contributed by atoms with E-state index in [-0.39, 0.29) is 17.2 Å². The van der Waals surface area contributed by atoms with Crippen LogP contribution in [0, 0.1) is 11.2 Å². The van der Waals surface area contributed by atoms with Crippen molar-refractivity contribution in [1.29, 1.82) is 0 Å². The first-order valence-corrected chi connectivity index (χ1v) is 10.1. The number of aromatic carboxylic acids is 1. The fourth-order valence-electron chi connectivity index (χ4n) is 3.77. The first-order chi connectivity index (χ1) is 14.1. The van der Waals surface area contributed by atoms with Gasteiger partial charge in [-0.05, 0) is 29.5 Å². The van der Waals surface area contributed by atoms with Gasteiger partial charge in [-0.1, -0.05) is 32.4 Å². The number of pyridine rings is 1. The molecule has 0 fully saturated rings. The van der Waals surface area contributed by atoms with Gasteiger partial charge in [-0.15, -0.1) is 0 Å². The molecule has 1 aromatic heterocycles. The molecule has 1 atom stereocenters. The van der Waals surface area contributed by atoms with Gasteiger partial charge < -0.3 is 19.1 Å². The van der Waals surface area contributed by atoms with E-state index in [9.17, 15) is 14.7 Å². The quantitative estimate of drug-likeness (QED) is 0.670. The number of carbonyl (C=O) groups is 1. The van der Waals surface area contributed by atoms with Gasteiger partial charge in [-0.25, -0.2) is 9.18 Å². The molecule has 0 radical (unpaired) electrons. The average molecular weight is 438 g/mol. The van der Waals surface area contributed by atoms with Crippen LogP contribution >= 0.6 is 11.6 Å². The van der Waals surface area contributed by atoms with E-state index in [1.807, 2.05) is 20.8 Å². The minimum absolute atomic E-state index is 0.0546. The van der Waals surface area contributed by atoms with Crippen molar-refractivity contribution in [3.63, 3.8) is 0 Å². The molecule has 1 aliphatic rings. The third kappa shape index (κ3) is 4.09. The van der Waals surface area contributed by atoms with E-state index in [1.54, 1.807) is 23.8 Å². The lowest BCUT2D eigenvalue weighted by atomic mass is 9.78. The molecule has 0 aliphatic carbocycles. The maximum absolute atomic E-state index is 15.2. The number of ether oxygens (including phenoxy) is 2. The number of hydrogen-bond acceptors (Lipinski definition) is 4. The SMILES string of the molecule is COCCCOc1cc2c(cc1Cl)-c1c(F)c(=O)c(C(=O)O)cn1C(C(C)(C)C)C2. The van der Waals surface area contributed by atoms with Crippen molar-refractivity contribution in [3.8, 4) is 17.0 Å². The van der Waals surface area contributed by atoms with Crippen LogP contribution in [0.3, 0.4) is 0 Å². The van der Waals surface area contributed by atoms with Crippen molar-refractivity contribution in [2.45, 2.75) is 39.7 Å². The van der Waals surface area contributed by atoms with Crippen LogP contribution in [-0.4, -0.2) is 36.0 Å². The number of halogens is 2. The molecular weight excluding hydrogens is 413 g/mol. The molecule has 6 nitrogen and oxygen atoms in total. The number of carboxylic acid groups (broad SMARTS) is 1. The summed E-state index contributed by atoms with van der Waals surface area (Å²) >= 11 is 6.38. The summed E-state index contributed by atoms with van der Waals surface area (Å²) in [6.45, 7) is 6.94. The van der Waals surface area contributed by atoms with E-state index in [1.165, 1.54) is 6.20 Å². The summed E-state index contributed by atoms with van der Waals surface area (Å²) in [5, 5.41) is 9.64. The Hall–Kier alpha value is -2.38. The summed E-state index contributed by atoms with van der Waals surface area (Å²) in [6, 6.07) is 3.09. The second-order valence-electron chi connectivity index (χ2n) is 8.47. The van der Waals surface area contributed by atoms with Crippen LogP contribution < -0.4 is 10.2 Å². The molecule has 3 rings (SSSR count). The highest BCUT2D eigenvalue weighted by Gasteiger charge is 2.36. The Labute approximate surface area is 179 Å². The maximum atomic E-state index is 15.2. The van der Waals surface area contributed by atoms with Crippen molar-refractivity contribution in [1.82, 2.24) is 4.57 Å². The van der Waals surface area contributed by atoms with Crippen molar-refractivity contribution in [2.75, 3.05) is 20.3 Å². The summed E-state index contributed by atoms with van der Waals surface area (Å²) < 4.78 is 27.5. The van der Waals surface area contributed by atoms with Gasteiger partial charge >= 0.3 is 5.97 Å². The molecular formula is C22H25ClFNO5. The van der Waals surface area contributed by atoms with Gasteiger partial charge in [0, 0.05) is 37.9 Å². The molecule has 1 unspecified atom stereocenters. The van der Waals surface area contributed by atoms with Crippen molar-refractivity contribution in [3.05, 3.63) is 50.5 Å². The fourth-order valence-corrected chi connectivity index (χ4v) is 3.99. The number of carboxylic acids is 1. The van der Waals surface area contributed by atoms with Crippen LogP contribution in [-0.2, 0) is 11.2 Å². The average Bonchev–Trinajstić information content (AvgIpc) is 2.66. The highest BCUT2D eigenvalue weighted by atomic mass is 35.5. The van der Waals surface area contributed by atoms with Crippen LogP contribution in [0.1, 0.15) is 49.2 Å². The van der Waals surface area contributed by atoms with E-state index >= 15 is 4.39 Å². The number of aromatic nitrogens is 1. The van der Waals surface area contributed by atoms with E-state index in [0.717, 1.165) is 5.56 Å². The second kappa shape index (κ2) is 8.40. The first kappa shape index (κ1) is 22.3. The molecule has 2 aromatic rings. The Morgan fingerprint density at radius 3 is 2.63 bits per heavy atom. The number of rotatable bonds is 6. The Morgan fingerprint density at radius 1 is 1.33 bits per heavy atom. The van der Waals surface area contributed by atoms with Gasteiger partial charge in [0.1, 0.15) is 11.3 Å². The lowest BCUT2D eigenvalue weighted by Gasteiger charge is -2.39. The van der Waals surface area contributed by atoms with E-state index < -0.39 is 22.8 Å². The standard InChI is InChI=1S/C22H25ClFNO5/c1-22(2,3)17-9-12-8-16(30-7-5-6-29-4)15(23)10-13(12)19-18(24)20(26)14(21(27)28)11-25(17)19/h8,10-11,17H,5-7,9H2,1-4H3,(H,27,28). The lowest BCUT2D eigenvalue weighted by molar-refractivity contribution is 0.0692. The smallest absolute Gasteiger partial charge is 0.341 e. The molecule has 2 heterocycles. The van der Waals surface area contributed by atoms with Crippen molar-refractivity contribution >= 4 is 17.6 Å². The van der Waals surface area contributed by atoms with Gasteiger partial charge in [-0.2, -0.15) is 0 Å². The predicted molar refractivity (Wildman–Crippen MR) is 112 cm³/mol. The largest absolute Gasteiger partial charge is 0.492 e. The predicted octanol–water partition coefficient (Wildman–Crippen LogP) is 4.56. The molecule has 8 heteroatoms. The van der Waals surface area contributed by atoms with Crippen LogP contribution in [0.25, 0.3) is 11.3 Å². The third-order valence-electron chi connectivity index (χ3n) is 5.32. The van der Waals surface area contributed by atoms with Crippen LogP contribution in [0.2, 0.25) is 5.02 Å². The van der Waals surface area contributed by atoms with Gasteiger partial charge in [-0.3, -0.25) is 4.79 Å². The second-order valence-corrected chi connectivity index (χ2v) is 8.87. The minimum Gasteiger partial charge on any atom is -0.492 e. The fraction of sp³-hybridized carbons (Fsp3) is 0.455. The summed E-state index contributed by atoms with van der Waals surface area (Å²) in [5.74, 6) is -2.06. The van der Waals surface area contributed by atoms with Gasteiger partial charge in [0.15, 0.2) is 5.82 Å². The van der Waals surface area contributed by atoms with Crippen LogP contribution in [0.4, 0.5) is 4.39 Å². The normalized spacial score (nSPS) is 15.5. The molecule has 1 N–H and O–H groups in total. The highest BCUT2D eigenvalue weighted by Crippen LogP contribution is 2.45. The highest BCUT2D eigenvalue weighted by molar-refractivity contribution is 6.32. The molecule has 0 bridgehead atoms. The zero-order valence-electron chi connectivity index (χ0n) is 17.4. The monoisotopic (exact) mass is 437 g/mol. The zero-order chi connectivity index (χ0) is 22.2. The molecule has 0 amide bonds. The first-order valence-electron chi connectivity index (χ1n) is 9.68. The molecule has 0 saturated heterocycles. The number of nitrogens with zero attached hydrogens (tertiary/aromatic N) is 1. The van der Waals surface area contributed by atoms with Crippen molar-refractivity contribution < 1.29 is 23.8 Å². The number of fused-ring (bicyclic) bond motifs is 3. The van der Waals surface area contributed by atoms with Crippen molar-refractivity contribution in [2.24, 2.45) is 5.41 Å². The zero-order valence-corrected chi connectivity index (χ0v) is 18.2. The van der Waals surface area contributed by atoms with E-state index in [0.29, 0.717) is 42.4 Å². The van der Waals surface area contributed by atoms with Crippen LogP contribution in [0.15, 0.2) is 23.1 Å². The Bertz CT molecular complexity index is 1040. The summed E-state index contributed by atoms with van der Waals surface area (Å²) in [4.78, 5) is 23.8. The van der Waals surface area contributed by atoms with E-state index in [2.05, 4.69) is 0 Å². The maximum Gasteiger partial charge on any atom is 0.341 e. The number of hydrogen-bond donors (Lipinski definition) is 1. The topological polar surface area (TPSA) is 77.8 Å². The minimum atomic E-state index is -1.45. The van der Waals surface area contributed by atoms with Gasteiger partial charge in [0.2, 0.25) is 5.43 Å². The molecule has 1 aromatic carbocycles. The Morgan fingerprint density at radius 2 is 2.03 bits per heavy atom. The molecule has 1 aliphatic heterocycles. The number of benzene rings is 1. The molecule has 30 heavy (non-hydrogen) atoms. The molecule has 0 saturated carbocycles. The third-order valence-corrected chi connectivity index (χ3v) is 5.62. The van der Waals surface area contributed by atoms with Crippen LogP contribution in [0.5, 0.6) is 5.75 Å².